The van der Waals surface area contributed by atoms with Gasteiger partial charge < -0.3 is 19.5 Å². The molecule has 3 amide bonds. The molecule has 4 rings (SSSR count). The molecular formula is C25H24FN3O6S. The van der Waals surface area contributed by atoms with Crippen molar-refractivity contribution < 1.29 is 31.6 Å². The highest BCUT2D eigenvalue weighted by atomic mass is 32.2. The summed E-state index contributed by atoms with van der Waals surface area (Å²) in [5, 5.41) is 0.419. The first-order valence-corrected chi connectivity index (χ1v) is 12.7. The summed E-state index contributed by atoms with van der Waals surface area (Å²) in [5.74, 6) is -2.40. The minimum absolute atomic E-state index is 0.0566. The minimum Gasteiger partial charge on any atom is -0.459 e. The maximum absolute atomic E-state index is 13.5. The smallest absolute Gasteiger partial charge is 0.289 e. The van der Waals surface area contributed by atoms with Crippen molar-refractivity contribution in [3.63, 3.8) is 0 Å². The van der Waals surface area contributed by atoms with E-state index >= 15 is 0 Å². The van der Waals surface area contributed by atoms with Crippen molar-refractivity contribution in [2.24, 2.45) is 0 Å². The molecule has 1 N–H and O–H groups in total. The standard InChI is InChI=1S/C25H24FN3O6S/c1-17-4-2-5-18(16-17)22(30)27-23(36(33,34)20-9-7-19(26)8-10-20)25(32)29-13-11-28(12-14-29)24(31)21-6-3-15-35-21/h2-10,15-16,23H,11-14H2,1H3,(H,27,30)/t23-/m1/s1. The van der Waals surface area contributed by atoms with E-state index in [1.807, 2.05) is 0 Å². The SMILES string of the molecule is Cc1cccc(C(=O)N[C@@H](C(=O)N2CCN(C(=O)c3ccco3)CC2)S(=O)(=O)c2ccc(F)cc2)c1. The number of nitrogens with one attached hydrogen (secondary N) is 1. The number of carbonyl (C=O) groups excluding carboxylic acids is 3. The Morgan fingerprint density at radius 2 is 1.61 bits per heavy atom. The first-order valence-electron chi connectivity index (χ1n) is 11.2. The van der Waals surface area contributed by atoms with Crippen molar-refractivity contribution in [3.8, 4) is 0 Å². The van der Waals surface area contributed by atoms with Crippen LogP contribution in [0.5, 0.6) is 0 Å². The Kier molecular flexibility index (Phi) is 7.20. The van der Waals surface area contributed by atoms with Crippen LogP contribution in [0, 0.1) is 12.7 Å². The van der Waals surface area contributed by atoms with Crippen molar-refractivity contribution in [1.82, 2.24) is 15.1 Å². The van der Waals surface area contributed by atoms with Crippen molar-refractivity contribution in [3.05, 3.63) is 89.6 Å². The molecule has 0 saturated carbocycles. The molecule has 11 heteroatoms. The molecule has 9 nitrogen and oxygen atoms in total. The molecule has 36 heavy (non-hydrogen) atoms. The molecule has 1 atom stereocenters. The molecule has 0 aliphatic carbocycles. The Hall–Kier alpha value is -3.99. The lowest BCUT2D eigenvalue weighted by molar-refractivity contribution is -0.132. The molecule has 1 aliphatic rings. The predicted octanol–water partition coefficient (Wildman–Crippen LogP) is 2.24. The Morgan fingerprint density at radius 3 is 2.22 bits per heavy atom. The van der Waals surface area contributed by atoms with Crippen LogP contribution in [0.25, 0.3) is 0 Å². The third-order valence-electron chi connectivity index (χ3n) is 5.83. The monoisotopic (exact) mass is 513 g/mol. The first-order chi connectivity index (χ1) is 17.2. The summed E-state index contributed by atoms with van der Waals surface area (Å²) >= 11 is 0. The highest BCUT2D eigenvalue weighted by Crippen LogP contribution is 2.19. The molecule has 188 valence electrons. The maximum atomic E-state index is 13.5. The van der Waals surface area contributed by atoms with Crippen LogP contribution in [0.2, 0.25) is 0 Å². The largest absolute Gasteiger partial charge is 0.459 e. The van der Waals surface area contributed by atoms with E-state index in [2.05, 4.69) is 5.32 Å². The van der Waals surface area contributed by atoms with E-state index < -0.39 is 32.8 Å². The number of piperazine rings is 1. The van der Waals surface area contributed by atoms with E-state index in [4.69, 9.17) is 4.42 Å². The number of rotatable bonds is 6. The third kappa shape index (κ3) is 5.30. The molecule has 0 unspecified atom stereocenters. The quantitative estimate of drug-likeness (QED) is 0.506. The lowest BCUT2D eigenvalue weighted by Crippen LogP contribution is -2.57. The summed E-state index contributed by atoms with van der Waals surface area (Å²) in [7, 11) is -4.43. The van der Waals surface area contributed by atoms with Crippen LogP contribution in [0.4, 0.5) is 4.39 Å². The maximum Gasteiger partial charge on any atom is 0.289 e. The Balaban J connectivity index is 1.57. The van der Waals surface area contributed by atoms with Crippen molar-refractivity contribution in [1.29, 1.82) is 0 Å². The van der Waals surface area contributed by atoms with Crippen LogP contribution in [-0.2, 0) is 14.6 Å². The van der Waals surface area contributed by atoms with Gasteiger partial charge in [-0.15, -0.1) is 0 Å². The number of nitrogens with zero attached hydrogens (tertiary/aromatic N) is 2. The van der Waals surface area contributed by atoms with E-state index in [9.17, 15) is 27.2 Å². The number of furan rings is 1. The fourth-order valence-electron chi connectivity index (χ4n) is 3.87. The van der Waals surface area contributed by atoms with E-state index in [-0.39, 0.29) is 48.3 Å². The molecule has 0 spiro atoms. The predicted molar refractivity (Wildman–Crippen MR) is 127 cm³/mol. The van der Waals surface area contributed by atoms with Crippen LogP contribution in [-0.4, -0.2) is 67.5 Å². The Bertz CT molecular complexity index is 1370. The van der Waals surface area contributed by atoms with Gasteiger partial charge in [0.1, 0.15) is 5.82 Å². The number of benzene rings is 2. The van der Waals surface area contributed by atoms with Gasteiger partial charge in [-0.3, -0.25) is 14.4 Å². The minimum atomic E-state index is -4.43. The number of halogens is 1. The number of sulfone groups is 1. The van der Waals surface area contributed by atoms with Gasteiger partial charge in [-0.2, -0.15) is 0 Å². The summed E-state index contributed by atoms with van der Waals surface area (Å²) in [6, 6.07) is 13.6. The van der Waals surface area contributed by atoms with Gasteiger partial charge in [0, 0.05) is 31.7 Å². The number of hydrogen-bond acceptors (Lipinski definition) is 6. The zero-order chi connectivity index (χ0) is 25.9. The normalized spacial score (nSPS) is 14.8. The molecule has 2 heterocycles. The van der Waals surface area contributed by atoms with Gasteiger partial charge in [0.25, 0.3) is 17.7 Å². The van der Waals surface area contributed by atoms with E-state index in [1.165, 1.54) is 28.2 Å². The van der Waals surface area contributed by atoms with Crippen molar-refractivity contribution >= 4 is 27.6 Å². The van der Waals surface area contributed by atoms with Crippen LogP contribution < -0.4 is 5.32 Å². The fourth-order valence-corrected chi connectivity index (χ4v) is 5.34. The number of carbonyl (C=O) groups is 3. The second kappa shape index (κ2) is 10.3. The molecule has 2 aromatic carbocycles. The van der Waals surface area contributed by atoms with Gasteiger partial charge in [-0.1, -0.05) is 17.7 Å². The van der Waals surface area contributed by atoms with E-state index in [0.717, 1.165) is 29.8 Å². The number of aryl methyl sites for hydroxylation is 1. The lowest BCUT2D eigenvalue weighted by atomic mass is 10.1. The molecule has 1 aromatic heterocycles. The molecule has 1 saturated heterocycles. The highest BCUT2D eigenvalue weighted by Gasteiger charge is 2.39. The molecule has 1 aliphatic heterocycles. The summed E-state index contributed by atoms with van der Waals surface area (Å²) in [4.78, 5) is 41.4. The van der Waals surface area contributed by atoms with E-state index in [0.29, 0.717) is 0 Å². The zero-order valence-electron chi connectivity index (χ0n) is 19.4. The number of hydrogen-bond donors (Lipinski definition) is 1. The van der Waals surface area contributed by atoms with Gasteiger partial charge in [0.2, 0.25) is 15.2 Å². The van der Waals surface area contributed by atoms with Gasteiger partial charge in [0.05, 0.1) is 11.2 Å². The average molecular weight is 514 g/mol. The van der Waals surface area contributed by atoms with Gasteiger partial charge >= 0.3 is 0 Å². The molecule has 3 aromatic rings. The summed E-state index contributed by atoms with van der Waals surface area (Å²) in [6.45, 7) is 2.20. The summed E-state index contributed by atoms with van der Waals surface area (Å²) in [6.07, 6.45) is 1.38. The van der Waals surface area contributed by atoms with Gasteiger partial charge in [-0.05, 0) is 55.5 Å². The van der Waals surface area contributed by atoms with Gasteiger partial charge in [-0.25, -0.2) is 12.8 Å². The molecule has 1 fully saturated rings. The van der Waals surface area contributed by atoms with Crippen molar-refractivity contribution in [2.45, 2.75) is 17.2 Å². The first kappa shape index (κ1) is 25.1. The van der Waals surface area contributed by atoms with Gasteiger partial charge in [0.15, 0.2) is 5.76 Å². The molecular weight excluding hydrogens is 489 g/mol. The van der Waals surface area contributed by atoms with Crippen molar-refractivity contribution in [2.75, 3.05) is 26.2 Å². The highest BCUT2D eigenvalue weighted by molar-refractivity contribution is 7.92. The average Bonchev–Trinajstić information content (AvgIpc) is 3.42. The Morgan fingerprint density at radius 1 is 0.944 bits per heavy atom. The van der Waals surface area contributed by atoms with Crippen LogP contribution in [0.15, 0.2) is 76.2 Å². The van der Waals surface area contributed by atoms with Crippen LogP contribution >= 0.6 is 0 Å². The second-order valence-electron chi connectivity index (χ2n) is 8.32. The molecule has 0 bridgehead atoms. The summed E-state index contributed by atoms with van der Waals surface area (Å²) in [5.41, 5.74) is 0.972. The second-order valence-corrected chi connectivity index (χ2v) is 10.3. The Labute approximate surface area is 207 Å². The third-order valence-corrected chi connectivity index (χ3v) is 7.70. The molecule has 0 radical (unpaired) electrons. The lowest BCUT2D eigenvalue weighted by Gasteiger charge is -2.36. The van der Waals surface area contributed by atoms with Crippen LogP contribution in [0.1, 0.15) is 26.5 Å². The zero-order valence-corrected chi connectivity index (χ0v) is 20.2. The summed E-state index contributed by atoms with van der Waals surface area (Å²) < 4.78 is 45.4. The number of amides is 3. The van der Waals surface area contributed by atoms with Crippen LogP contribution in [0.3, 0.4) is 0 Å². The fraction of sp³-hybridized carbons (Fsp3) is 0.240. The van der Waals surface area contributed by atoms with E-state index in [1.54, 1.807) is 31.2 Å². The topological polar surface area (TPSA) is 117 Å².